The van der Waals surface area contributed by atoms with Gasteiger partial charge in [0.05, 0.1) is 0 Å². The van der Waals surface area contributed by atoms with E-state index in [2.05, 4.69) is 51.7 Å². The Bertz CT molecular complexity index is 184. The summed E-state index contributed by atoms with van der Waals surface area (Å²) < 4.78 is 0. The van der Waals surface area contributed by atoms with Crippen LogP contribution in [0.15, 0.2) is 37.0 Å². The molecule has 0 saturated carbocycles. The molecule has 1 atom stereocenters. The second kappa shape index (κ2) is 8.80. The molecule has 0 heterocycles. The van der Waals surface area contributed by atoms with Gasteiger partial charge in [0.1, 0.15) is 0 Å². The Labute approximate surface area is 89.4 Å². The lowest BCUT2D eigenvalue weighted by Crippen LogP contribution is -1.92. The van der Waals surface area contributed by atoms with E-state index in [0.717, 1.165) is 12.8 Å². The van der Waals surface area contributed by atoms with E-state index in [1.165, 1.54) is 6.42 Å². The molecule has 0 aliphatic heterocycles. The molecule has 0 fully saturated rings. The van der Waals surface area contributed by atoms with Crippen molar-refractivity contribution in [2.45, 2.75) is 40.0 Å². The van der Waals surface area contributed by atoms with Crippen LogP contribution in [0.1, 0.15) is 40.0 Å². The zero-order chi connectivity index (χ0) is 10.8. The first-order valence-corrected chi connectivity index (χ1v) is 5.66. The Hall–Kier alpha value is -0.780. The number of hydrogen-bond donors (Lipinski definition) is 0. The van der Waals surface area contributed by atoms with Crippen LogP contribution in [0.25, 0.3) is 0 Å². The molecule has 0 rings (SSSR count). The number of rotatable bonds is 7. The third-order valence-electron chi connectivity index (χ3n) is 2.07. The lowest BCUT2D eigenvalue weighted by Gasteiger charge is -2.06. The van der Waals surface area contributed by atoms with Crippen LogP contribution in [0, 0.1) is 11.8 Å². The van der Waals surface area contributed by atoms with Crippen LogP contribution in [0.2, 0.25) is 0 Å². The summed E-state index contributed by atoms with van der Waals surface area (Å²) in [4.78, 5) is 0. The van der Waals surface area contributed by atoms with Crippen LogP contribution < -0.4 is 0 Å². The molecule has 0 nitrogen and oxygen atoms in total. The van der Waals surface area contributed by atoms with Crippen LogP contribution in [0.4, 0.5) is 0 Å². The molecule has 0 aliphatic carbocycles. The van der Waals surface area contributed by atoms with E-state index in [-0.39, 0.29) is 0 Å². The van der Waals surface area contributed by atoms with Crippen molar-refractivity contribution in [3.8, 4) is 0 Å². The van der Waals surface area contributed by atoms with Gasteiger partial charge in [-0.05, 0) is 31.1 Å². The molecule has 80 valence electrons. The third kappa shape index (κ3) is 7.85. The van der Waals surface area contributed by atoms with E-state index >= 15 is 0 Å². The quantitative estimate of drug-likeness (QED) is 0.511. The van der Waals surface area contributed by atoms with Gasteiger partial charge in [-0.15, -0.1) is 6.58 Å². The molecular weight excluding hydrogens is 168 g/mol. The average molecular weight is 192 g/mol. The summed E-state index contributed by atoms with van der Waals surface area (Å²) in [7, 11) is 0. The molecule has 1 unspecified atom stereocenters. The van der Waals surface area contributed by atoms with Gasteiger partial charge in [0, 0.05) is 0 Å². The van der Waals surface area contributed by atoms with Crippen LogP contribution in [-0.4, -0.2) is 0 Å². The zero-order valence-corrected chi connectivity index (χ0v) is 9.87. The first kappa shape index (κ1) is 13.2. The maximum atomic E-state index is 3.76. The highest BCUT2D eigenvalue weighted by atomic mass is 14.0. The summed E-state index contributed by atoms with van der Waals surface area (Å²) in [5.74, 6) is 1.24. The van der Waals surface area contributed by atoms with Gasteiger partial charge >= 0.3 is 0 Å². The molecule has 0 saturated heterocycles. The molecule has 0 aliphatic rings. The highest BCUT2D eigenvalue weighted by molar-refractivity contribution is 5.01. The standard InChI is InChI=1S/C14H24/c1-5-7-9-14(10-8-6-2)12-11-13(3)4/h5,8,10-14H,1,6-7,9H2,2-4H3. The van der Waals surface area contributed by atoms with Crippen molar-refractivity contribution in [3.05, 3.63) is 37.0 Å². The second-order valence-electron chi connectivity index (χ2n) is 4.00. The SMILES string of the molecule is C=CCCC(C=CCC)C=CC(C)C. The Balaban J connectivity index is 4.09. The molecule has 0 bridgehead atoms. The van der Waals surface area contributed by atoms with Crippen molar-refractivity contribution in [2.75, 3.05) is 0 Å². The Morgan fingerprint density at radius 2 is 1.86 bits per heavy atom. The normalized spacial score (nSPS) is 14.3. The fourth-order valence-corrected chi connectivity index (χ4v) is 1.24. The van der Waals surface area contributed by atoms with E-state index in [4.69, 9.17) is 0 Å². The van der Waals surface area contributed by atoms with E-state index < -0.39 is 0 Å². The molecule has 0 amide bonds. The van der Waals surface area contributed by atoms with E-state index in [9.17, 15) is 0 Å². The molecule has 0 spiro atoms. The van der Waals surface area contributed by atoms with Crippen LogP contribution in [0.3, 0.4) is 0 Å². The predicted molar refractivity (Wildman–Crippen MR) is 66.3 cm³/mol. The van der Waals surface area contributed by atoms with Crippen LogP contribution in [0.5, 0.6) is 0 Å². The van der Waals surface area contributed by atoms with Crippen molar-refractivity contribution in [3.63, 3.8) is 0 Å². The predicted octanol–water partition coefficient (Wildman–Crippen LogP) is 4.75. The number of allylic oxidation sites excluding steroid dienone is 5. The Morgan fingerprint density at radius 3 is 2.36 bits per heavy atom. The van der Waals surface area contributed by atoms with Gasteiger partial charge in [-0.3, -0.25) is 0 Å². The van der Waals surface area contributed by atoms with Crippen LogP contribution >= 0.6 is 0 Å². The largest absolute Gasteiger partial charge is 0.103 e. The molecule has 0 heteroatoms. The minimum Gasteiger partial charge on any atom is -0.103 e. The summed E-state index contributed by atoms with van der Waals surface area (Å²) in [6.07, 6.45) is 14.6. The summed E-state index contributed by atoms with van der Waals surface area (Å²) in [6, 6.07) is 0. The minimum absolute atomic E-state index is 0.593. The first-order chi connectivity index (χ1) is 6.70. The van der Waals surface area contributed by atoms with E-state index in [1.807, 2.05) is 6.08 Å². The molecule has 0 aromatic heterocycles. The second-order valence-corrected chi connectivity index (χ2v) is 4.00. The van der Waals surface area contributed by atoms with Crippen LogP contribution in [-0.2, 0) is 0 Å². The summed E-state index contributed by atoms with van der Waals surface area (Å²) in [6.45, 7) is 10.4. The van der Waals surface area contributed by atoms with Crippen molar-refractivity contribution < 1.29 is 0 Å². The average Bonchev–Trinajstić information content (AvgIpc) is 2.16. The third-order valence-corrected chi connectivity index (χ3v) is 2.07. The molecule has 14 heavy (non-hydrogen) atoms. The number of hydrogen-bond acceptors (Lipinski definition) is 0. The monoisotopic (exact) mass is 192 g/mol. The molecule has 0 N–H and O–H groups in total. The molecular formula is C14H24. The summed E-state index contributed by atoms with van der Waals surface area (Å²) in [5.41, 5.74) is 0. The van der Waals surface area contributed by atoms with Crippen molar-refractivity contribution >= 4 is 0 Å². The van der Waals surface area contributed by atoms with Gasteiger partial charge in [-0.2, -0.15) is 0 Å². The molecule has 0 aromatic rings. The highest BCUT2D eigenvalue weighted by Crippen LogP contribution is 2.12. The van der Waals surface area contributed by atoms with Crippen molar-refractivity contribution in [1.82, 2.24) is 0 Å². The lowest BCUT2D eigenvalue weighted by atomic mass is 10.00. The smallest absolute Gasteiger partial charge is 0.00505 e. The van der Waals surface area contributed by atoms with E-state index in [0.29, 0.717) is 11.8 Å². The van der Waals surface area contributed by atoms with Crippen molar-refractivity contribution in [1.29, 1.82) is 0 Å². The van der Waals surface area contributed by atoms with Gasteiger partial charge in [-0.1, -0.05) is 51.2 Å². The van der Waals surface area contributed by atoms with E-state index in [1.54, 1.807) is 0 Å². The zero-order valence-electron chi connectivity index (χ0n) is 9.87. The Morgan fingerprint density at radius 1 is 1.14 bits per heavy atom. The van der Waals surface area contributed by atoms with Gasteiger partial charge in [0.25, 0.3) is 0 Å². The summed E-state index contributed by atoms with van der Waals surface area (Å²) in [5, 5.41) is 0. The lowest BCUT2D eigenvalue weighted by molar-refractivity contribution is 0.707. The fourth-order valence-electron chi connectivity index (χ4n) is 1.24. The fraction of sp³-hybridized carbons (Fsp3) is 0.571. The first-order valence-electron chi connectivity index (χ1n) is 5.66. The minimum atomic E-state index is 0.593. The van der Waals surface area contributed by atoms with Crippen molar-refractivity contribution in [2.24, 2.45) is 11.8 Å². The van der Waals surface area contributed by atoms with Gasteiger partial charge in [-0.25, -0.2) is 0 Å². The highest BCUT2D eigenvalue weighted by Gasteiger charge is 1.98. The van der Waals surface area contributed by atoms with Gasteiger partial charge in [0.15, 0.2) is 0 Å². The maximum Gasteiger partial charge on any atom is -0.00505 e. The summed E-state index contributed by atoms with van der Waals surface area (Å²) >= 11 is 0. The van der Waals surface area contributed by atoms with Gasteiger partial charge < -0.3 is 0 Å². The Kier molecular flexibility index (Phi) is 8.31. The topological polar surface area (TPSA) is 0 Å². The molecule has 0 radical (unpaired) electrons. The molecule has 0 aromatic carbocycles. The maximum absolute atomic E-state index is 3.76. The van der Waals surface area contributed by atoms with Gasteiger partial charge in [0.2, 0.25) is 0 Å².